The highest BCUT2D eigenvalue weighted by Gasteiger charge is 2.20. The molecule has 0 aliphatic rings. The van der Waals surface area contributed by atoms with Crippen LogP contribution >= 0.6 is 0 Å². The van der Waals surface area contributed by atoms with Crippen molar-refractivity contribution in [3.63, 3.8) is 0 Å². The minimum absolute atomic E-state index is 0.0768. The smallest absolute Gasteiger partial charge is 0.312 e. The SMILES string of the molecule is CCCC[C@@H](NC(N)=O)C(=O)Nc1ccc(NS(=O)(=O)CC)c(OC)c1. The Morgan fingerprint density at radius 2 is 1.96 bits per heavy atom. The second kappa shape index (κ2) is 9.85. The summed E-state index contributed by atoms with van der Waals surface area (Å²) in [5.41, 5.74) is 5.79. The summed E-state index contributed by atoms with van der Waals surface area (Å²) in [7, 11) is -2.06. The van der Waals surface area contributed by atoms with Crippen molar-refractivity contribution in [3.05, 3.63) is 18.2 Å². The van der Waals surface area contributed by atoms with E-state index in [1.54, 1.807) is 0 Å². The Balaban J connectivity index is 2.94. The van der Waals surface area contributed by atoms with Crippen molar-refractivity contribution < 1.29 is 22.7 Å². The van der Waals surface area contributed by atoms with Crippen LogP contribution in [0.15, 0.2) is 18.2 Å². The molecule has 0 bridgehead atoms. The van der Waals surface area contributed by atoms with Crippen LogP contribution in [0.25, 0.3) is 0 Å². The number of nitrogens with one attached hydrogen (secondary N) is 3. The summed E-state index contributed by atoms with van der Waals surface area (Å²) in [6.07, 6.45) is 2.07. The van der Waals surface area contributed by atoms with E-state index in [4.69, 9.17) is 10.5 Å². The molecule has 1 aromatic rings. The maximum absolute atomic E-state index is 12.4. The Morgan fingerprint density at radius 1 is 1.27 bits per heavy atom. The van der Waals surface area contributed by atoms with Crippen LogP contribution < -0.4 is 25.8 Å². The number of benzene rings is 1. The monoisotopic (exact) mass is 386 g/mol. The van der Waals surface area contributed by atoms with Crippen molar-refractivity contribution in [1.82, 2.24) is 5.32 Å². The lowest BCUT2D eigenvalue weighted by atomic mass is 10.1. The van der Waals surface area contributed by atoms with Crippen molar-refractivity contribution in [3.8, 4) is 5.75 Å². The number of sulfonamides is 1. The van der Waals surface area contributed by atoms with Gasteiger partial charge in [-0.15, -0.1) is 0 Å². The standard InChI is InChI=1S/C16H26N4O5S/c1-4-6-7-13(19-16(17)22)15(21)18-11-8-9-12(14(10-11)25-3)20-26(23,24)5-2/h8-10,13,20H,4-7H2,1-3H3,(H,18,21)(H3,17,19,22)/t13-/m1/s1. The number of anilines is 2. The summed E-state index contributed by atoms with van der Waals surface area (Å²) in [6.45, 7) is 3.49. The topological polar surface area (TPSA) is 140 Å². The molecule has 0 heterocycles. The minimum atomic E-state index is -3.46. The maximum atomic E-state index is 12.4. The number of primary amides is 1. The van der Waals surface area contributed by atoms with Gasteiger partial charge in [0.25, 0.3) is 0 Å². The number of carbonyl (C=O) groups is 2. The van der Waals surface area contributed by atoms with Crippen LogP contribution in [0.3, 0.4) is 0 Å². The molecule has 0 aliphatic carbocycles. The van der Waals surface area contributed by atoms with Gasteiger partial charge in [0.15, 0.2) is 0 Å². The first-order chi connectivity index (χ1) is 12.2. The van der Waals surface area contributed by atoms with Gasteiger partial charge in [-0.2, -0.15) is 0 Å². The van der Waals surface area contributed by atoms with E-state index >= 15 is 0 Å². The Hall–Kier alpha value is -2.49. The fourth-order valence-electron chi connectivity index (χ4n) is 2.17. The van der Waals surface area contributed by atoms with E-state index in [0.29, 0.717) is 12.1 Å². The molecule has 0 aliphatic heterocycles. The molecule has 3 amide bonds. The molecule has 0 spiro atoms. The summed E-state index contributed by atoms with van der Waals surface area (Å²) in [5.74, 6) is -0.235. The third kappa shape index (κ3) is 6.79. The molecule has 146 valence electrons. The van der Waals surface area contributed by atoms with Crippen molar-refractivity contribution in [2.45, 2.75) is 39.2 Å². The zero-order valence-electron chi connectivity index (χ0n) is 15.2. The average Bonchev–Trinajstić information content (AvgIpc) is 2.59. The van der Waals surface area contributed by atoms with Crippen molar-refractivity contribution >= 4 is 33.3 Å². The first kappa shape index (κ1) is 21.6. The molecule has 0 saturated carbocycles. The molecule has 1 aromatic carbocycles. The minimum Gasteiger partial charge on any atom is -0.494 e. The summed E-state index contributed by atoms with van der Waals surface area (Å²) < 4.78 is 31.0. The van der Waals surface area contributed by atoms with Crippen LogP contribution in [0.1, 0.15) is 33.1 Å². The van der Waals surface area contributed by atoms with Crippen molar-refractivity contribution in [2.24, 2.45) is 5.73 Å². The number of unbranched alkanes of at least 4 members (excludes halogenated alkanes) is 1. The second-order valence-corrected chi connectivity index (χ2v) is 7.62. The van der Waals surface area contributed by atoms with Gasteiger partial charge in [0.05, 0.1) is 18.6 Å². The predicted molar refractivity (Wildman–Crippen MR) is 101 cm³/mol. The first-order valence-corrected chi connectivity index (χ1v) is 9.93. The van der Waals surface area contributed by atoms with Gasteiger partial charge >= 0.3 is 6.03 Å². The van der Waals surface area contributed by atoms with Gasteiger partial charge in [0.2, 0.25) is 15.9 Å². The number of ether oxygens (including phenoxy) is 1. The Bertz CT molecular complexity index is 736. The maximum Gasteiger partial charge on any atom is 0.312 e. The zero-order chi connectivity index (χ0) is 19.7. The highest BCUT2D eigenvalue weighted by Crippen LogP contribution is 2.29. The van der Waals surface area contributed by atoms with Gasteiger partial charge < -0.3 is 21.1 Å². The first-order valence-electron chi connectivity index (χ1n) is 8.27. The number of carbonyl (C=O) groups excluding carboxylic acids is 2. The highest BCUT2D eigenvalue weighted by atomic mass is 32.2. The Labute approximate surface area is 153 Å². The van der Waals surface area contributed by atoms with Gasteiger partial charge in [0.1, 0.15) is 11.8 Å². The van der Waals surface area contributed by atoms with Crippen LogP contribution in [0.5, 0.6) is 5.75 Å². The Morgan fingerprint density at radius 3 is 2.50 bits per heavy atom. The van der Waals surface area contributed by atoms with Gasteiger partial charge in [-0.3, -0.25) is 9.52 Å². The molecular weight excluding hydrogens is 360 g/mol. The largest absolute Gasteiger partial charge is 0.494 e. The number of methoxy groups -OCH3 is 1. The summed E-state index contributed by atoms with van der Waals surface area (Å²) in [5, 5.41) is 5.09. The number of hydrogen-bond acceptors (Lipinski definition) is 5. The fourth-order valence-corrected chi connectivity index (χ4v) is 2.82. The van der Waals surface area contributed by atoms with Gasteiger partial charge in [0, 0.05) is 11.8 Å². The van der Waals surface area contributed by atoms with E-state index < -0.39 is 28.0 Å². The lowest BCUT2D eigenvalue weighted by molar-refractivity contribution is -0.118. The van der Waals surface area contributed by atoms with E-state index in [1.165, 1.54) is 32.2 Å². The molecule has 1 atom stereocenters. The molecule has 0 aromatic heterocycles. The Kier molecular flexibility index (Phi) is 8.17. The molecule has 10 heteroatoms. The fraction of sp³-hybridized carbons (Fsp3) is 0.500. The molecule has 0 unspecified atom stereocenters. The van der Waals surface area contributed by atoms with Crippen LogP contribution in [0.2, 0.25) is 0 Å². The van der Waals surface area contributed by atoms with Crippen molar-refractivity contribution in [2.75, 3.05) is 22.9 Å². The van der Waals surface area contributed by atoms with Crippen LogP contribution in [0, 0.1) is 0 Å². The second-order valence-electron chi connectivity index (χ2n) is 5.61. The number of nitrogens with two attached hydrogens (primary N) is 1. The molecular formula is C16H26N4O5S. The average molecular weight is 386 g/mol. The molecule has 0 saturated heterocycles. The predicted octanol–water partition coefficient (Wildman–Crippen LogP) is 1.62. The van der Waals surface area contributed by atoms with E-state index in [0.717, 1.165) is 12.8 Å². The number of rotatable bonds is 10. The summed E-state index contributed by atoms with van der Waals surface area (Å²) in [6, 6.07) is 2.99. The number of hydrogen-bond donors (Lipinski definition) is 4. The lowest BCUT2D eigenvalue weighted by Gasteiger charge is -2.18. The molecule has 0 fully saturated rings. The van der Waals surface area contributed by atoms with Crippen LogP contribution in [-0.4, -0.2) is 39.3 Å². The van der Waals surface area contributed by atoms with E-state index in [9.17, 15) is 18.0 Å². The van der Waals surface area contributed by atoms with Gasteiger partial charge in [-0.1, -0.05) is 19.8 Å². The van der Waals surface area contributed by atoms with E-state index in [1.807, 2.05) is 6.92 Å². The van der Waals surface area contributed by atoms with E-state index in [-0.39, 0.29) is 17.2 Å². The zero-order valence-corrected chi connectivity index (χ0v) is 16.0. The summed E-state index contributed by atoms with van der Waals surface area (Å²) >= 11 is 0. The molecule has 1 rings (SSSR count). The van der Waals surface area contributed by atoms with Crippen LogP contribution in [-0.2, 0) is 14.8 Å². The van der Waals surface area contributed by atoms with Crippen LogP contribution in [0.4, 0.5) is 16.2 Å². The quantitative estimate of drug-likeness (QED) is 0.484. The molecule has 5 N–H and O–H groups in total. The highest BCUT2D eigenvalue weighted by molar-refractivity contribution is 7.92. The van der Waals surface area contributed by atoms with E-state index in [2.05, 4.69) is 15.4 Å². The summed E-state index contributed by atoms with van der Waals surface area (Å²) in [4.78, 5) is 23.5. The normalized spacial score (nSPS) is 12.1. The van der Waals surface area contributed by atoms with Gasteiger partial charge in [-0.05, 0) is 25.5 Å². The third-order valence-corrected chi connectivity index (χ3v) is 4.88. The molecule has 26 heavy (non-hydrogen) atoms. The molecule has 0 radical (unpaired) electrons. The number of urea groups is 1. The van der Waals surface area contributed by atoms with Crippen molar-refractivity contribution in [1.29, 1.82) is 0 Å². The van der Waals surface area contributed by atoms with Gasteiger partial charge in [-0.25, -0.2) is 13.2 Å². The lowest BCUT2D eigenvalue weighted by Crippen LogP contribution is -2.46. The number of amides is 3. The molecule has 9 nitrogen and oxygen atoms in total. The third-order valence-electron chi connectivity index (χ3n) is 3.59.